The second-order valence-electron chi connectivity index (χ2n) is 4.29. The average molecular weight is 245 g/mol. The summed E-state index contributed by atoms with van der Waals surface area (Å²) in [5.74, 6) is 0.626. The van der Waals surface area contributed by atoms with Crippen molar-refractivity contribution in [3.05, 3.63) is 30.9 Å². The van der Waals surface area contributed by atoms with Gasteiger partial charge in [0.1, 0.15) is 0 Å². The maximum absolute atomic E-state index is 5.04. The van der Waals surface area contributed by atoms with E-state index in [4.69, 9.17) is 4.74 Å². The Kier molecular flexibility index (Phi) is 4.34. The van der Waals surface area contributed by atoms with Crippen molar-refractivity contribution in [2.75, 3.05) is 7.11 Å². The molecule has 0 fully saturated rings. The van der Waals surface area contributed by atoms with Gasteiger partial charge < -0.3 is 9.30 Å². The minimum atomic E-state index is 0.626. The number of aryl methyl sites for hydroxylation is 1. The lowest BCUT2D eigenvalue weighted by atomic mass is 10.2. The molecule has 2 heterocycles. The molecule has 0 spiro atoms. The molecule has 2 aromatic rings. The molecular weight excluding hydrogens is 226 g/mol. The van der Waals surface area contributed by atoms with Crippen LogP contribution in [0.5, 0.6) is 5.88 Å². The maximum atomic E-state index is 5.04. The van der Waals surface area contributed by atoms with Crippen LogP contribution in [0, 0.1) is 0 Å². The first-order valence-corrected chi connectivity index (χ1v) is 6.35. The number of imidazole rings is 1. The molecule has 0 aliphatic rings. The number of nitrogens with zero attached hydrogens (tertiary/aromatic N) is 3. The molecule has 4 nitrogen and oxygen atoms in total. The van der Waals surface area contributed by atoms with Gasteiger partial charge in [-0.3, -0.25) is 0 Å². The monoisotopic (exact) mass is 245 g/mol. The molecule has 18 heavy (non-hydrogen) atoms. The fourth-order valence-corrected chi connectivity index (χ4v) is 1.83. The molecule has 0 aromatic carbocycles. The molecule has 4 heteroatoms. The number of ether oxygens (including phenoxy) is 1. The highest BCUT2D eigenvalue weighted by Crippen LogP contribution is 2.18. The summed E-state index contributed by atoms with van der Waals surface area (Å²) in [6.07, 6.45) is 9.45. The molecule has 0 unspecified atom stereocenters. The Morgan fingerprint density at radius 3 is 2.78 bits per heavy atom. The Labute approximate surface area is 108 Å². The predicted octanol–water partition coefficient (Wildman–Crippen LogP) is 3.14. The summed E-state index contributed by atoms with van der Waals surface area (Å²) in [5, 5.41) is 0. The van der Waals surface area contributed by atoms with Gasteiger partial charge in [-0.15, -0.1) is 0 Å². The lowest BCUT2D eigenvalue weighted by molar-refractivity contribution is 0.398. The highest BCUT2D eigenvalue weighted by Gasteiger charge is 2.03. The van der Waals surface area contributed by atoms with Crippen LogP contribution in [0.4, 0.5) is 0 Å². The van der Waals surface area contributed by atoms with Gasteiger partial charge in [0.05, 0.1) is 19.1 Å². The molecule has 0 saturated carbocycles. The molecule has 96 valence electrons. The Morgan fingerprint density at radius 2 is 2.11 bits per heavy atom. The molecule has 0 saturated heterocycles. The highest BCUT2D eigenvalue weighted by atomic mass is 16.5. The summed E-state index contributed by atoms with van der Waals surface area (Å²) in [6.45, 7) is 3.24. The van der Waals surface area contributed by atoms with Gasteiger partial charge in [-0.1, -0.05) is 19.8 Å². The second-order valence-corrected chi connectivity index (χ2v) is 4.29. The maximum Gasteiger partial charge on any atom is 0.212 e. The summed E-state index contributed by atoms with van der Waals surface area (Å²) in [4.78, 5) is 8.59. The van der Waals surface area contributed by atoms with Crippen molar-refractivity contribution in [3.8, 4) is 17.1 Å². The number of unbranched alkanes of at least 4 members (excludes halogenated alkanes) is 2. The first-order valence-electron chi connectivity index (χ1n) is 6.35. The number of rotatable bonds is 6. The van der Waals surface area contributed by atoms with Gasteiger partial charge in [0, 0.05) is 30.6 Å². The van der Waals surface area contributed by atoms with Crippen molar-refractivity contribution < 1.29 is 4.74 Å². The van der Waals surface area contributed by atoms with Crippen LogP contribution >= 0.6 is 0 Å². The van der Waals surface area contributed by atoms with E-state index in [1.54, 1.807) is 13.3 Å². The van der Waals surface area contributed by atoms with Crippen LogP contribution in [-0.2, 0) is 6.54 Å². The number of aromatic nitrogens is 3. The first-order chi connectivity index (χ1) is 8.83. The van der Waals surface area contributed by atoms with Gasteiger partial charge in [0.2, 0.25) is 5.88 Å². The lowest BCUT2D eigenvalue weighted by Gasteiger charge is -2.00. The van der Waals surface area contributed by atoms with Gasteiger partial charge in [0.25, 0.3) is 0 Å². The Bertz CT molecular complexity index is 476. The summed E-state index contributed by atoms with van der Waals surface area (Å²) >= 11 is 0. The number of methoxy groups -OCH3 is 1. The number of pyridine rings is 1. The van der Waals surface area contributed by atoms with E-state index in [0.717, 1.165) is 17.8 Å². The largest absolute Gasteiger partial charge is 0.481 e. The SMILES string of the molecule is CCCCCn1cnc(-c2ccc(OC)nc2)c1. The normalized spacial score (nSPS) is 10.6. The first kappa shape index (κ1) is 12.6. The van der Waals surface area contributed by atoms with Crippen LogP contribution in [0.15, 0.2) is 30.9 Å². The molecule has 0 bridgehead atoms. The van der Waals surface area contributed by atoms with E-state index >= 15 is 0 Å². The van der Waals surface area contributed by atoms with Gasteiger partial charge in [-0.05, 0) is 12.5 Å². The highest BCUT2D eigenvalue weighted by molar-refractivity contribution is 5.57. The Morgan fingerprint density at radius 1 is 1.22 bits per heavy atom. The van der Waals surface area contributed by atoms with Crippen molar-refractivity contribution in [3.63, 3.8) is 0 Å². The van der Waals surface area contributed by atoms with Crippen LogP contribution in [0.1, 0.15) is 26.2 Å². The number of hydrogen-bond donors (Lipinski definition) is 0. The Balaban J connectivity index is 2.04. The fourth-order valence-electron chi connectivity index (χ4n) is 1.83. The second kappa shape index (κ2) is 6.19. The zero-order chi connectivity index (χ0) is 12.8. The lowest BCUT2D eigenvalue weighted by Crippen LogP contribution is -1.93. The van der Waals surface area contributed by atoms with Gasteiger partial charge in [0.15, 0.2) is 0 Å². The Hall–Kier alpha value is -1.84. The standard InChI is InChI=1S/C14H19N3O/c1-3-4-5-8-17-10-13(16-11-17)12-6-7-14(18-2)15-9-12/h6-7,9-11H,3-5,8H2,1-2H3. The zero-order valence-corrected chi connectivity index (χ0v) is 11.0. The third kappa shape index (κ3) is 3.09. The van der Waals surface area contributed by atoms with Gasteiger partial charge >= 0.3 is 0 Å². The smallest absolute Gasteiger partial charge is 0.212 e. The zero-order valence-electron chi connectivity index (χ0n) is 11.0. The molecule has 0 amide bonds. The van der Waals surface area contributed by atoms with Crippen LogP contribution in [-0.4, -0.2) is 21.6 Å². The topological polar surface area (TPSA) is 39.9 Å². The number of hydrogen-bond acceptors (Lipinski definition) is 3. The van der Waals surface area contributed by atoms with E-state index in [1.807, 2.05) is 18.5 Å². The predicted molar refractivity (Wildman–Crippen MR) is 71.5 cm³/mol. The molecule has 2 rings (SSSR count). The molecule has 0 aliphatic heterocycles. The van der Waals surface area contributed by atoms with Crippen molar-refractivity contribution in [2.24, 2.45) is 0 Å². The van der Waals surface area contributed by atoms with Gasteiger partial charge in [-0.2, -0.15) is 0 Å². The minimum absolute atomic E-state index is 0.626. The molecule has 0 aliphatic carbocycles. The third-order valence-electron chi connectivity index (χ3n) is 2.89. The van der Waals surface area contributed by atoms with Crippen molar-refractivity contribution in [2.45, 2.75) is 32.7 Å². The minimum Gasteiger partial charge on any atom is -0.481 e. The molecule has 2 aromatic heterocycles. The summed E-state index contributed by atoms with van der Waals surface area (Å²) in [6, 6.07) is 3.83. The van der Waals surface area contributed by atoms with E-state index < -0.39 is 0 Å². The van der Waals surface area contributed by atoms with Crippen LogP contribution in [0.2, 0.25) is 0 Å². The fraction of sp³-hybridized carbons (Fsp3) is 0.429. The van der Waals surface area contributed by atoms with Gasteiger partial charge in [-0.25, -0.2) is 9.97 Å². The van der Waals surface area contributed by atoms with Crippen LogP contribution in [0.3, 0.4) is 0 Å². The summed E-state index contributed by atoms with van der Waals surface area (Å²) < 4.78 is 7.17. The van der Waals surface area contributed by atoms with E-state index in [1.165, 1.54) is 19.3 Å². The van der Waals surface area contributed by atoms with Crippen molar-refractivity contribution >= 4 is 0 Å². The average Bonchev–Trinajstić information content (AvgIpc) is 2.88. The van der Waals surface area contributed by atoms with Crippen LogP contribution < -0.4 is 4.74 Å². The molecule has 0 atom stereocenters. The van der Waals surface area contributed by atoms with E-state index in [0.29, 0.717) is 5.88 Å². The van der Waals surface area contributed by atoms with E-state index in [-0.39, 0.29) is 0 Å². The molecule has 0 radical (unpaired) electrons. The van der Waals surface area contributed by atoms with Crippen LogP contribution in [0.25, 0.3) is 11.3 Å². The third-order valence-corrected chi connectivity index (χ3v) is 2.89. The molecule has 0 N–H and O–H groups in total. The quantitative estimate of drug-likeness (QED) is 0.734. The van der Waals surface area contributed by atoms with Crippen molar-refractivity contribution in [1.82, 2.24) is 14.5 Å². The van der Waals surface area contributed by atoms with E-state index in [9.17, 15) is 0 Å². The molecular formula is C14H19N3O. The summed E-state index contributed by atoms with van der Waals surface area (Å²) in [5.41, 5.74) is 1.98. The van der Waals surface area contributed by atoms with E-state index in [2.05, 4.69) is 27.7 Å². The summed E-state index contributed by atoms with van der Waals surface area (Å²) in [7, 11) is 1.62. The van der Waals surface area contributed by atoms with Crippen molar-refractivity contribution in [1.29, 1.82) is 0 Å².